The molecule has 36 heavy (non-hydrogen) atoms. The molecular formula is C30H38ClN3O2. The summed E-state index contributed by atoms with van der Waals surface area (Å²) in [7, 11) is 0. The van der Waals surface area contributed by atoms with E-state index in [1.54, 1.807) is 6.07 Å². The zero-order valence-corrected chi connectivity index (χ0v) is 21.9. The predicted molar refractivity (Wildman–Crippen MR) is 144 cm³/mol. The predicted octanol–water partition coefficient (Wildman–Crippen LogP) is 5.14. The maximum atomic E-state index is 13.2. The molecule has 0 aliphatic carbocycles. The molecule has 2 aromatic carbocycles. The van der Waals surface area contributed by atoms with Gasteiger partial charge in [0.15, 0.2) is 0 Å². The van der Waals surface area contributed by atoms with Gasteiger partial charge < -0.3 is 14.7 Å². The van der Waals surface area contributed by atoms with Crippen molar-refractivity contribution in [1.29, 1.82) is 0 Å². The van der Waals surface area contributed by atoms with Gasteiger partial charge in [-0.1, -0.05) is 54.1 Å². The molecule has 6 heteroatoms. The van der Waals surface area contributed by atoms with E-state index >= 15 is 0 Å². The van der Waals surface area contributed by atoms with Gasteiger partial charge in [-0.2, -0.15) is 0 Å². The molecule has 5 nitrogen and oxygen atoms in total. The molecule has 0 aromatic heterocycles. The Labute approximate surface area is 220 Å². The summed E-state index contributed by atoms with van der Waals surface area (Å²) in [5.41, 5.74) is 2.01. The van der Waals surface area contributed by atoms with Crippen molar-refractivity contribution in [3.63, 3.8) is 0 Å². The minimum Gasteiger partial charge on any atom is -0.342 e. The van der Waals surface area contributed by atoms with Gasteiger partial charge in [0.2, 0.25) is 5.91 Å². The van der Waals surface area contributed by atoms with E-state index in [0.29, 0.717) is 28.5 Å². The maximum Gasteiger partial charge on any atom is 0.255 e. The molecule has 0 unspecified atom stereocenters. The molecular weight excluding hydrogens is 470 g/mol. The van der Waals surface area contributed by atoms with Crippen LogP contribution in [0.4, 0.5) is 0 Å². The zero-order valence-electron chi connectivity index (χ0n) is 21.2. The molecule has 3 aliphatic heterocycles. The highest BCUT2D eigenvalue weighted by Crippen LogP contribution is 2.29. The molecule has 0 saturated carbocycles. The van der Waals surface area contributed by atoms with E-state index in [2.05, 4.69) is 40.1 Å². The molecule has 0 N–H and O–H groups in total. The third kappa shape index (κ3) is 5.95. The van der Waals surface area contributed by atoms with Gasteiger partial charge >= 0.3 is 0 Å². The molecule has 2 amide bonds. The number of rotatable bonds is 5. The number of halogens is 1. The first kappa shape index (κ1) is 25.3. The Balaban J connectivity index is 1.04. The molecule has 2 aromatic rings. The highest BCUT2D eigenvalue weighted by molar-refractivity contribution is 6.33. The Morgan fingerprint density at radius 1 is 0.722 bits per heavy atom. The summed E-state index contributed by atoms with van der Waals surface area (Å²) in [5.74, 6) is 1.28. The van der Waals surface area contributed by atoms with Crippen LogP contribution >= 0.6 is 11.6 Å². The number of benzene rings is 2. The van der Waals surface area contributed by atoms with Gasteiger partial charge in [-0.3, -0.25) is 9.59 Å². The molecule has 3 saturated heterocycles. The minimum absolute atomic E-state index is 0.0379. The molecule has 5 rings (SSSR count). The Hall–Kier alpha value is -2.37. The summed E-state index contributed by atoms with van der Waals surface area (Å²) in [6.07, 6.45) is 7.26. The van der Waals surface area contributed by atoms with E-state index in [1.165, 1.54) is 5.56 Å². The van der Waals surface area contributed by atoms with E-state index in [-0.39, 0.29) is 11.8 Å². The van der Waals surface area contributed by atoms with Crippen LogP contribution < -0.4 is 0 Å². The lowest BCUT2D eigenvalue weighted by atomic mass is 9.88. The van der Waals surface area contributed by atoms with Crippen LogP contribution in [0.2, 0.25) is 5.02 Å². The smallest absolute Gasteiger partial charge is 0.255 e. The summed E-state index contributed by atoms with van der Waals surface area (Å²) < 4.78 is 0. The van der Waals surface area contributed by atoms with Gasteiger partial charge in [0.1, 0.15) is 0 Å². The van der Waals surface area contributed by atoms with Crippen LogP contribution in [0, 0.1) is 11.8 Å². The van der Waals surface area contributed by atoms with Crippen LogP contribution in [0.1, 0.15) is 54.4 Å². The molecule has 0 bridgehead atoms. The largest absolute Gasteiger partial charge is 0.342 e. The van der Waals surface area contributed by atoms with Crippen molar-refractivity contribution in [2.24, 2.45) is 11.8 Å². The number of hydrogen-bond donors (Lipinski definition) is 0. The van der Waals surface area contributed by atoms with Crippen molar-refractivity contribution >= 4 is 23.4 Å². The lowest BCUT2D eigenvalue weighted by Crippen LogP contribution is -2.51. The normalized spacial score (nSPS) is 21.0. The fraction of sp³-hybridized carbons (Fsp3) is 0.533. The van der Waals surface area contributed by atoms with Crippen LogP contribution in [0.25, 0.3) is 0 Å². The third-order valence-corrected chi connectivity index (χ3v) is 8.87. The number of carbonyl (C=O) groups is 2. The lowest BCUT2D eigenvalue weighted by Gasteiger charge is -2.42. The average Bonchev–Trinajstić information content (AvgIpc) is 2.94. The van der Waals surface area contributed by atoms with Gasteiger partial charge in [0.25, 0.3) is 5.91 Å². The monoisotopic (exact) mass is 507 g/mol. The SMILES string of the molecule is O=C(c1ccccc1Cl)N1CCC(N2CCC(C(=O)N3CCC(Cc4ccccc4)CC3)CC2)CC1. The minimum atomic E-state index is 0.0379. The first-order chi connectivity index (χ1) is 17.6. The first-order valence-corrected chi connectivity index (χ1v) is 14.1. The van der Waals surface area contributed by atoms with Crippen molar-refractivity contribution in [2.45, 2.75) is 51.0 Å². The molecule has 192 valence electrons. The second-order valence-electron chi connectivity index (χ2n) is 10.8. The molecule has 0 spiro atoms. The molecule has 0 radical (unpaired) electrons. The van der Waals surface area contributed by atoms with Gasteiger partial charge in [-0.05, 0) is 81.6 Å². The summed E-state index contributed by atoms with van der Waals surface area (Å²) in [5, 5.41) is 0.525. The summed E-state index contributed by atoms with van der Waals surface area (Å²) >= 11 is 6.24. The number of hydrogen-bond acceptors (Lipinski definition) is 3. The highest BCUT2D eigenvalue weighted by Gasteiger charge is 2.34. The van der Waals surface area contributed by atoms with Crippen molar-refractivity contribution < 1.29 is 9.59 Å². The topological polar surface area (TPSA) is 43.9 Å². The number of amides is 2. The number of likely N-dealkylation sites (tertiary alicyclic amines) is 3. The van der Waals surface area contributed by atoms with Gasteiger partial charge in [-0.15, -0.1) is 0 Å². The second kappa shape index (κ2) is 11.8. The fourth-order valence-corrected chi connectivity index (χ4v) is 6.53. The van der Waals surface area contributed by atoms with Crippen LogP contribution in [0.3, 0.4) is 0 Å². The van der Waals surface area contributed by atoms with E-state index < -0.39 is 0 Å². The van der Waals surface area contributed by atoms with Gasteiger partial charge in [0, 0.05) is 38.1 Å². The van der Waals surface area contributed by atoms with Crippen LogP contribution in [0.15, 0.2) is 54.6 Å². The van der Waals surface area contributed by atoms with E-state index in [1.807, 2.05) is 23.1 Å². The van der Waals surface area contributed by atoms with Crippen molar-refractivity contribution in [1.82, 2.24) is 14.7 Å². The van der Waals surface area contributed by atoms with Crippen molar-refractivity contribution in [3.8, 4) is 0 Å². The fourth-order valence-electron chi connectivity index (χ4n) is 6.31. The Morgan fingerprint density at radius 2 is 1.33 bits per heavy atom. The quantitative estimate of drug-likeness (QED) is 0.563. The third-order valence-electron chi connectivity index (χ3n) is 8.54. The second-order valence-corrected chi connectivity index (χ2v) is 11.2. The summed E-state index contributed by atoms with van der Waals surface area (Å²) in [4.78, 5) is 32.7. The van der Waals surface area contributed by atoms with E-state index in [4.69, 9.17) is 11.6 Å². The first-order valence-electron chi connectivity index (χ1n) is 13.7. The maximum absolute atomic E-state index is 13.2. The van der Waals surface area contributed by atoms with Crippen LogP contribution in [-0.4, -0.2) is 71.8 Å². The van der Waals surface area contributed by atoms with Crippen LogP contribution in [0.5, 0.6) is 0 Å². The molecule has 3 fully saturated rings. The number of nitrogens with zero attached hydrogens (tertiary/aromatic N) is 3. The zero-order chi connectivity index (χ0) is 24.9. The Bertz CT molecular complexity index is 1020. The number of piperidine rings is 3. The Morgan fingerprint density at radius 3 is 2.00 bits per heavy atom. The van der Waals surface area contributed by atoms with Crippen molar-refractivity contribution in [2.75, 3.05) is 39.3 Å². The molecule has 3 heterocycles. The van der Waals surface area contributed by atoms with Crippen LogP contribution in [-0.2, 0) is 11.2 Å². The van der Waals surface area contributed by atoms with Gasteiger partial charge in [-0.25, -0.2) is 0 Å². The van der Waals surface area contributed by atoms with E-state index in [0.717, 1.165) is 84.2 Å². The summed E-state index contributed by atoms with van der Waals surface area (Å²) in [6, 6.07) is 18.5. The molecule has 3 aliphatic rings. The molecule has 0 atom stereocenters. The Kier molecular flexibility index (Phi) is 8.28. The highest BCUT2D eigenvalue weighted by atomic mass is 35.5. The number of carbonyl (C=O) groups excluding carboxylic acids is 2. The van der Waals surface area contributed by atoms with Crippen molar-refractivity contribution in [3.05, 3.63) is 70.7 Å². The van der Waals surface area contributed by atoms with Gasteiger partial charge in [0.05, 0.1) is 10.6 Å². The van der Waals surface area contributed by atoms with E-state index in [9.17, 15) is 9.59 Å². The summed E-state index contributed by atoms with van der Waals surface area (Å²) in [6.45, 7) is 5.34. The average molecular weight is 508 g/mol. The standard InChI is InChI=1S/C30H38ClN3O2/c31-28-9-5-4-8-27(28)30(36)34-20-14-26(15-21-34)32-18-12-25(13-19-32)29(35)33-16-10-24(11-17-33)22-23-6-2-1-3-7-23/h1-9,24-26H,10-22H2. The lowest BCUT2D eigenvalue weighted by molar-refractivity contribution is -0.138.